The molecule has 34 heavy (non-hydrogen) atoms. The van der Waals surface area contributed by atoms with Crippen LogP contribution in [0, 0.1) is 0 Å². The van der Waals surface area contributed by atoms with Crippen LogP contribution in [0.15, 0.2) is 29.0 Å². The van der Waals surface area contributed by atoms with Crippen molar-refractivity contribution in [3.63, 3.8) is 0 Å². The molecule has 2 fully saturated rings. The van der Waals surface area contributed by atoms with Crippen LogP contribution in [0.4, 0.5) is 11.7 Å². The third-order valence-electron chi connectivity index (χ3n) is 7.46. The first kappa shape index (κ1) is 23.1. The zero-order chi connectivity index (χ0) is 24.3. The van der Waals surface area contributed by atoms with Crippen molar-refractivity contribution in [1.29, 1.82) is 0 Å². The molecule has 1 saturated carbocycles. The number of fused-ring (bicyclic) bond motifs is 1. The monoisotopic (exact) mass is 481 g/mol. The molecule has 2 aromatic heterocycles. The van der Waals surface area contributed by atoms with Crippen LogP contribution < -0.4 is 10.2 Å². The van der Waals surface area contributed by atoms with E-state index in [4.69, 9.17) is 8.84 Å². The van der Waals surface area contributed by atoms with E-state index in [-0.39, 0.29) is 22.7 Å². The maximum absolute atomic E-state index is 13.0. The molecule has 5 rings (SSSR count). The van der Waals surface area contributed by atoms with Crippen LogP contribution in [0.3, 0.4) is 0 Å². The molecular formula is C25H35N5O3Si. The minimum Gasteiger partial charge on any atom is -0.431 e. The van der Waals surface area contributed by atoms with Crippen LogP contribution >= 0.6 is 0 Å². The zero-order valence-electron chi connectivity index (χ0n) is 21.0. The van der Waals surface area contributed by atoms with Gasteiger partial charge >= 0.3 is 0 Å². The Morgan fingerprint density at radius 1 is 1.24 bits per heavy atom. The standard InChI is InChI=1S/C25H35N5O3Si/c1-25(2,3)34(5,6)33-18-9-10-30(14-18)24-27-22(15-32-24)23(31)26-21-11-17-13-29(4)28-20(17)12-19(21)16-7-8-16/h11-13,15-16,18H,7-10,14H2,1-6H3,(H,26,31). The smallest absolute Gasteiger partial charge is 0.298 e. The fraction of sp³-hybridized carbons (Fsp3) is 0.560. The molecule has 1 atom stereocenters. The van der Waals surface area contributed by atoms with Gasteiger partial charge in [0, 0.05) is 37.4 Å². The van der Waals surface area contributed by atoms with E-state index in [2.05, 4.69) is 60.2 Å². The molecule has 1 aliphatic heterocycles. The van der Waals surface area contributed by atoms with Crippen LogP contribution in [0.2, 0.25) is 18.1 Å². The Hall–Kier alpha value is -2.65. The molecule has 1 saturated heterocycles. The molecule has 1 N–H and O–H groups in total. The number of oxazole rings is 1. The van der Waals surface area contributed by atoms with Crippen LogP contribution in [0.5, 0.6) is 0 Å². The van der Waals surface area contributed by atoms with E-state index < -0.39 is 8.32 Å². The fourth-order valence-electron chi connectivity index (χ4n) is 4.34. The number of carbonyl (C=O) groups excluding carboxylic acids is 1. The number of aromatic nitrogens is 3. The van der Waals surface area contributed by atoms with Crippen molar-refractivity contribution in [2.24, 2.45) is 7.05 Å². The zero-order valence-corrected chi connectivity index (χ0v) is 22.0. The molecule has 1 amide bonds. The number of anilines is 2. The summed E-state index contributed by atoms with van der Waals surface area (Å²) in [7, 11) is 0.0769. The summed E-state index contributed by atoms with van der Waals surface area (Å²) in [6, 6.07) is 4.60. The van der Waals surface area contributed by atoms with E-state index in [1.165, 1.54) is 6.26 Å². The highest BCUT2D eigenvalue weighted by Gasteiger charge is 2.41. The van der Waals surface area contributed by atoms with E-state index >= 15 is 0 Å². The van der Waals surface area contributed by atoms with Gasteiger partial charge in [0.1, 0.15) is 6.26 Å². The van der Waals surface area contributed by atoms with Gasteiger partial charge in [-0.05, 0) is 61.0 Å². The Morgan fingerprint density at radius 2 is 2.00 bits per heavy atom. The average molecular weight is 482 g/mol. The van der Waals surface area contributed by atoms with Crippen LogP contribution in [0.1, 0.15) is 62.0 Å². The summed E-state index contributed by atoms with van der Waals surface area (Å²) in [4.78, 5) is 19.6. The Balaban J connectivity index is 1.27. The van der Waals surface area contributed by atoms with Gasteiger partial charge in [0.15, 0.2) is 14.0 Å². The maximum Gasteiger partial charge on any atom is 0.298 e. The average Bonchev–Trinajstić information content (AvgIpc) is 3.12. The fourth-order valence-corrected chi connectivity index (χ4v) is 5.72. The van der Waals surface area contributed by atoms with Gasteiger partial charge in [-0.15, -0.1) is 0 Å². The molecule has 0 spiro atoms. The number of nitrogens with one attached hydrogen (secondary N) is 1. The number of aryl methyl sites for hydroxylation is 1. The maximum atomic E-state index is 13.0. The molecule has 1 aromatic carbocycles. The normalized spacial score (nSPS) is 19.2. The van der Waals surface area contributed by atoms with Gasteiger partial charge in [-0.1, -0.05) is 20.8 Å². The van der Waals surface area contributed by atoms with Gasteiger partial charge < -0.3 is 19.1 Å². The third-order valence-corrected chi connectivity index (χ3v) is 12.0. The van der Waals surface area contributed by atoms with Crippen molar-refractivity contribution >= 4 is 36.8 Å². The van der Waals surface area contributed by atoms with E-state index in [0.29, 0.717) is 11.9 Å². The first-order valence-corrected chi connectivity index (χ1v) is 15.1. The van der Waals surface area contributed by atoms with Crippen molar-refractivity contribution in [2.75, 3.05) is 23.3 Å². The second kappa shape index (κ2) is 8.23. The summed E-state index contributed by atoms with van der Waals surface area (Å²) in [5, 5.41) is 8.77. The number of benzene rings is 1. The van der Waals surface area contributed by atoms with E-state index in [0.717, 1.165) is 54.5 Å². The molecule has 182 valence electrons. The molecule has 1 unspecified atom stereocenters. The van der Waals surface area contributed by atoms with Crippen molar-refractivity contribution in [3.8, 4) is 0 Å². The Kier molecular flexibility index (Phi) is 5.59. The first-order valence-electron chi connectivity index (χ1n) is 12.2. The Bertz CT molecular complexity index is 1220. The lowest BCUT2D eigenvalue weighted by molar-refractivity contribution is 0.102. The molecule has 9 heteroatoms. The summed E-state index contributed by atoms with van der Waals surface area (Å²) in [6.45, 7) is 12.9. The lowest BCUT2D eigenvalue weighted by Gasteiger charge is -2.38. The number of amides is 1. The quantitative estimate of drug-likeness (QED) is 0.482. The molecule has 3 aromatic rings. The van der Waals surface area contributed by atoms with Crippen molar-refractivity contribution in [1.82, 2.24) is 14.8 Å². The summed E-state index contributed by atoms with van der Waals surface area (Å²) in [5.41, 5.74) is 3.22. The van der Waals surface area contributed by atoms with E-state index in [1.807, 2.05) is 19.3 Å². The van der Waals surface area contributed by atoms with E-state index in [9.17, 15) is 4.79 Å². The highest BCUT2D eigenvalue weighted by Crippen LogP contribution is 2.45. The van der Waals surface area contributed by atoms with Gasteiger partial charge in [-0.2, -0.15) is 10.1 Å². The Labute approximate surface area is 201 Å². The van der Waals surface area contributed by atoms with Gasteiger partial charge in [0.25, 0.3) is 11.9 Å². The predicted molar refractivity (Wildman–Crippen MR) is 136 cm³/mol. The van der Waals surface area contributed by atoms with E-state index in [1.54, 1.807) is 4.68 Å². The summed E-state index contributed by atoms with van der Waals surface area (Å²) >= 11 is 0. The lowest BCUT2D eigenvalue weighted by Crippen LogP contribution is -2.44. The highest BCUT2D eigenvalue weighted by atomic mass is 28.4. The van der Waals surface area contributed by atoms with Crippen molar-refractivity contribution < 1.29 is 13.6 Å². The number of rotatable bonds is 6. The Morgan fingerprint density at radius 3 is 2.71 bits per heavy atom. The predicted octanol–water partition coefficient (Wildman–Crippen LogP) is 5.29. The molecule has 0 bridgehead atoms. The second-order valence-corrected chi connectivity index (χ2v) is 16.0. The highest BCUT2D eigenvalue weighted by molar-refractivity contribution is 6.74. The number of hydrogen-bond donors (Lipinski definition) is 1. The number of hydrogen-bond acceptors (Lipinski definition) is 6. The largest absolute Gasteiger partial charge is 0.431 e. The van der Waals surface area contributed by atoms with Crippen molar-refractivity contribution in [3.05, 3.63) is 35.9 Å². The number of nitrogens with zero attached hydrogens (tertiary/aromatic N) is 4. The minimum atomic E-state index is -1.83. The molecule has 3 heterocycles. The van der Waals surface area contributed by atoms with Gasteiger partial charge in [-0.3, -0.25) is 9.48 Å². The van der Waals surface area contributed by atoms with Crippen molar-refractivity contribution in [2.45, 2.75) is 70.2 Å². The molecule has 8 nitrogen and oxygen atoms in total. The molecule has 0 radical (unpaired) electrons. The van der Waals surface area contributed by atoms with Gasteiger partial charge in [0.05, 0.1) is 11.6 Å². The van der Waals surface area contributed by atoms with Crippen LogP contribution in [-0.4, -0.2) is 48.2 Å². The first-order chi connectivity index (χ1) is 16.0. The van der Waals surface area contributed by atoms with Crippen LogP contribution in [0.25, 0.3) is 10.9 Å². The summed E-state index contributed by atoms with van der Waals surface area (Å²) < 4.78 is 14.1. The molecule has 2 aliphatic rings. The minimum absolute atomic E-state index is 0.164. The summed E-state index contributed by atoms with van der Waals surface area (Å²) in [6.07, 6.45) is 6.80. The second-order valence-electron chi connectivity index (χ2n) is 11.3. The number of carbonyl (C=O) groups is 1. The van der Waals surface area contributed by atoms with Gasteiger partial charge in [-0.25, -0.2) is 0 Å². The lowest BCUT2D eigenvalue weighted by atomic mass is 10.1. The summed E-state index contributed by atoms with van der Waals surface area (Å²) in [5.74, 6) is 0.227. The third kappa shape index (κ3) is 4.51. The van der Waals surface area contributed by atoms with Crippen LogP contribution in [-0.2, 0) is 11.5 Å². The van der Waals surface area contributed by atoms with Gasteiger partial charge in [0.2, 0.25) is 0 Å². The SMILES string of the molecule is Cn1cc2cc(NC(=O)c3coc(N4CCC(O[Si](C)(C)C(C)(C)C)C4)n3)c(C3CC3)cc2n1. The molecule has 1 aliphatic carbocycles. The topological polar surface area (TPSA) is 85.4 Å². The molecular weight excluding hydrogens is 446 g/mol.